The van der Waals surface area contributed by atoms with Gasteiger partial charge in [0.15, 0.2) is 11.9 Å². The Morgan fingerprint density at radius 2 is 2.43 bits per heavy atom. The van der Waals surface area contributed by atoms with E-state index in [0.29, 0.717) is 12.3 Å². The lowest BCUT2D eigenvalue weighted by atomic mass is 10.2. The van der Waals surface area contributed by atoms with Crippen molar-refractivity contribution in [3.8, 4) is 0 Å². The summed E-state index contributed by atoms with van der Waals surface area (Å²) in [5.41, 5.74) is 0.665. The summed E-state index contributed by atoms with van der Waals surface area (Å²) in [6.07, 6.45) is -1.15. The van der Waals surface area contributed by atoms with Crippen LogP contribution in [0.15, 0.2) is 10.6 Å². The molecule has 1 heterocycles. The lowest BCUT2D eigenvalue weighted by Gasteiger charge is -2.08. The van der Waals surface area contributed by atoms with Crippen molar-refractivity contribution in [1.82, 2.24) is 5.16 Å². The lowest BCUT2D eigenvalue weighted by molar-refractivity contribution is 0.159. The van der Waals surface area contributed by atoms with E-state index in [4.69, 9.17) is 14.7 Å². The van der Waals surface area contributed by atoms with Gasteiger partial charge in [0.25, 0.3) is 0 Å². The van der Waals surface area contributed by atoms with Crippen LogP contribution < -0.4 is 0 Å². The number of aliphatic hydroxyl groups excluding tert-OH is 1. The van der Waals surface area contributed by atoms with Crippen LogP contribution in [0.25, 0.3) is 0 Å². The second-order valence-electron chi connectivity index (χ2n) is 2.57. The molecule has 1 aromatic heterocycles. The number of hydrogen-bond donors (Lipinski definition) is 2. The summed E-state index contributed by atoms with van der Waals surface area (Å²) in [6.45, 7) is 3.83. The second-order valence-corrected chi connectivity index (χ2v) is 2.57. The van der Waals surface area contributed by atoms with Crippen LogP contribution in [0.3, 0.4) is 0 Å². The molecule has 1 aromatic rings. The monoisotopic (exact) mass is 220 g/mol. The van der Waals surface area contributed by atoms with Crippen LogP contribution in [0.1, 0.15) is 24.5 Å². The highest BCUT2D eigenvalue weighted by Gasteiger charge is 2.19. The van der Waals surface area contributed by atoms with Gasteiger partial charge in [0.2, 0.25) is 5.90 Å². The van der Waals surface area contributed by atoms with Crippen molar-refractivity contribution in [3.05, 3.63) is 17.5 Å². The van der Waals surface area contributed by atoms with E-state index >= 15 is 0 Å². The Kier molecular flexibility index (Phi) is 5.19. The Morgan fingerprint density at radius 3 is 2.86 bits per heavy atom. The fourth-order valence-corrected chi connectivity index (χ4v) is 0.876. The normalized spacial score (nSPS) is 11.6. The molecule has 0 bridgehead atoms. The Labute approximate surface area is 88.0 Å². The zero-order chi connectivity index (χ0) is 9.84. The number of hydrogen-bond acceptors (Lipinski definition) is 5. The number of ether oxygens (including phenoxy) is 1. The minimum Gasteiger partial charge on any atom is -0.479 e. The molecule has 0 aliphatic heterocycles. The van der Waals surface area contributed by atoms with Crippen LogP contribution >= 0.6 is 12.4 Å². The van der Waals surface area contributed by atoms with Crippen molar-refractivity contribution in [1.29, 1.82) is 5.41 Å². The van der Waals surface area contributed by atoms with E-state index < -0.39 is 6.10 Å². The quantitative estimate of drug-likeness (QED) is 0.597. The highest BCUT2D eigenvalue weighted by Crippen LogP contribution is 2.15. The third kappa shape index (κ3) is 3.01. The highest BCUT2D eigenvalue weighted by atomic mass is 35.5. The van der Waals surface area contributed by atoms with Gasteiger partial charge >= 0.3 is 0 Å². The second kappa shape index (κ2) is 5.62. The number of aliphatic hydroxyl groups is 1. The Morgan fingerprint density at radius 1 is 1.79 bits per heavy atom. The molecule has 0 aliphatic rings. The van der Waals surface area contributed by atoms with Gasteiger partial charge in [0, 0.05) is 6.07 Å². The summed E-state index contributed by atoms with van der Waals surface area (Å²) in [4.78, 5) is 0. The molecule has 0 aliphatic carbocycles. The molecule has 0 amide bonds. The molecule has 1 unspecified atom stereocenters. The highest BCUT2D eigenvalue weighted by molar-refractivity contribution is 5.85. The number of halogens is 1. The molecule has 0 fully saturated rings. The molecule has 80 valence electrons. The molecule has 0 saturated carbocycles. The summed E-state index contributed by atoms with van der Waals surface area (Å²) < 4.78 is 9.59. The van der Waals surface area contributed by atoms with Crippen molar-refractivity contribution in [2.75, 3.05) is 6.61 Å². The predicted molar refractivity (Wildman–Crippen MR) is 52.8 cm³/mol. The van der Waals surface area contributed by atoms with Gasteiger partial charge in [0.1, 0.15) is 0 Å². The maximum absolute atomic E-state index is 9.45. The molecular formula is C8H13ClN2O3. The van der Waals surface area contributed by atoms with E-state index in [1.54, 1.807) is 19.9 Å². The number of rotatable bonds is 3. The molecule has 0 radical (unpaired) electrons. The van der Waals surface area contributed by atoms with Gasteiger partial charge in [-0.3, -0.25) is 5.41 Å². The summed E-state index contributed by atoms with van der Waals surface area (Å²) in [6, 6.07) is 1.57. The van der Waals surface area contributed by atoms with Gasteiger partial charge in [-0.05, 0) is 13.8 Å². The largest absolute Gasteiger partial charge is 0.479 e. The first-order valence-corrected chi connectivity index (χ1v) is 3.97. The maximum atomic E-state index is 9.45. The first-order chi connectivity index (χ1) is 6.15. The third-order valence-corrected chi connectivity index (χ3v) is 1.46. The van der Waals surface area contributed by atoms with Crippen molar-refractivity contribution in [2.24, 2.45) is 0 Å². The van der Waals surface area contributed by atoms with Gasteiger partial charge in [-0.1, -0.05) is 5.16 Å². The molecule has 2 N–H and O–H groups in total. The number of nitrogens with one attached hydrogen (secondary N) is 1. The fraction of sp³-hybridized carbons (Fsp3) is 0.500. The third-order valence-electron chi connectivity index (χ3n) is 1.46. The molecule has 5 nitrogen and oxygen atoms in total. The summed E-state index contributed by atoms with van der Waals surface area (Å²) in [5, 5.41) is 20.3. The number of nitrogens with zero attached hydrogens (tertiary/aromatic N) is 1. The van der Waals surface area contributed by atoms with Crippen LogP contribution in [0.2, 0.25) is 0 Å². The van der Waals surface area contributed by atoms with E-state index in [-0.39, 0.29) is 24.1 Å². The molecule has 0 spiro atoms. The summed E-state index contributed by atoms with van der Waals surface area (Å²) in [5.74, 6) is 0.00889. The zero-order valence-corrected chi connectivity index (χ0v) is 8.80. The molecule has 0 aromatic carbocycles. The molecular weight excluding hydrogens is 208 g/mol. The van der Waals surface area contributed by atoms with Crippen LogP contribution in [0.4, 0.5) is 0 Å². The molecule has 14 heavy (non-hydrogen) atoms. The minimum absolute atomic E-state index is 0. The predicted octanol–water partition coefficient (Wildman–Crippen LogP) is 1.45. The lowest BCUT2D eigenvalue weighted by Crippen LogP contribution is -2.13. The smallest absolute Gasteiger partial charge is 0.218 e. The van der Waals surface area contributed by atoms with Gasteiger partial charge in [-0.15, -0.1) is 12.4 Å². The van der Waals surface area contributed by atoms with Crippen molar-refractivity contribution < 1.29 is 14.4 Å². The van der Waals surface area contributed by atoms with E-state index in [1.165, 1.54) is 0 Å². The van der Waals surface area contributed by atoms with Crippen molar-refractivity contribution in [2.45, 2.75) is 20.0 Å². The zero-order valence-electron chi connectivity index (χ0n) is 7.98. The molecule has 1 atom stereocenters. The average molecular weight is 221 g/mol. The van der Waals surface area contributed by atoms with Crippen LogP contribution in [0.5, 0.6) is 0 Å². The Balaban J connectivity index is 0.00000169. The minimum atomic E-state index is -1.15. The van der Waals surface area contributed by atoms with Crippen LogP contribution in [-0.4, -0.2) is 22.8 Å². The van der Waals surface area contributed by atoms with Gasteiger partial charge in [-0.25, -0.2) is 0 Å². The average Bonchev–Trinajstić information content (AvgIpc) is 2.51. The van der Waals surface area contributed by atoms with E-state index in [1.807, 2.05) is 0 Å². The summed E-state index contributed by atoms with van der Waals surface area (Å²) >= 11 is 0. The van der Waals surface area contributed by atoms with Gasteiger partial charge in [-0.2, -0.15) is 0 Å². The van der Waals surface area contributed by atoms with Gasteiger partial charge in [0.05, 0.1) is 12.3 Å². The molecule has 6 heteroatoms. The standard InChI is InChI=1S/C8H12N2O3.ClH/c1-3-12-8(9)7(11)6-4-5(2)10-13-6;/h4,7,9,11H,3H2,1-2H3;1H. The van der Waals surface area contributed by atoms with Crippen LogP contribution in [0, 0.1) is 12.3 Å². The number of aromatic nitrogens is 1. The van der Waals surface area contributed by atoms with Crippen LogP contribution in [-0.2, 0) is 4.74 Å². The topological polar surface area (TPSA) is 79.3 Å². The van der Waals surface area contributed by atoms with E-state index in [2.05, 4.69) is 5.16 Å². The maximum Gasteiger partial charge on any atom is 0.218 e. The molecule has 1 rings (SSSR count). The Bertz CT molecular complexity index is 301. The van der Waals surface area contributed by atoms with E-state index in [0.717, 1.165) is 0 Å². The SMILES string of the molecule is CCOC(=N)C(O)c1cc(C)no1.Cl. The number of aryl methyl sites for hydroxylation is 1. The van der Waals surface area contributed by atoms with E-state index in [9.17, 15) is 5.11 Å². The van der Waals surface area contributed by atoms with Gasteiger partial charge < -0.3 is 14.4 Å². The summed E-state index contributed by atoms with van der Waals surface area (Å²) in [7, 11) is 0. The fourth-order valence-electron chi connectivity index (χ4n) is 0.876. The van der Waals surface area contributed by atoms with Crippen molar-refractivity contribution in [3.63, 3.8) is 0 Å². The first-order valence-electron chi connectivity index (χ1n) is 3.97. The first kappa shape index (κ1) is 12.9. The molecule has 0 saturated heterocycles. The Hall–Kier alpha value is -1.07. The van der Waals surface area contributed by atoms with Crippen molar-refractivity contribution >= 4 is 18.3 Å².